The average Bonchev–Trinajstić information content (AvgIpc) is 2.51. The third kappa shape index (κ3) is 2.06. The Morgan fingerprint density at radius 1 is 1.85 bits per heavy atom. The zero-order chi connectivity index (χ0) is 9.84. The van der Waals surface area contributed by atoms with Crippen LogP contribution in [0.2, 0.25) is 0 Å². The third-order valence-electron chi connectivity index (χ3n) is 1.61. The van der Waals surface area contributed by atoms with Gasteiger partial charge in [-0.1, -0.05) is 0 Å². The second kappa shape index (κ2) is 3.72. The van der Waals surface area contributed by atoms with Crippen LogP contribution < -0.4 is 0 Å². The largest absolute Gasteiger partial charge is 0.328 e. The molecule has 0 saturated heterocycles. The molecule has 0 N–H and O–H groups in total. The van der Waals surface area contributed by atoms with E-state index in [1.165, 1.54) is 11.1 Å². The van der Waals surface area contributed by atoms with Crippen molar-refractivity contribution in [2.75, 3.05) is 13.6 Å². The summed E-state index contributed by atoms with van der Waals surface area (Å²) < 4.78 is 1.55. The summed E-state index contributed by atoms with van der Waals surface area (Å²) in [4.78, 5) is 12.8. The van der Waals surface area contributed by atoms with Crippen LogP contribution >= 0.6 is 0 Å². The van der Waals surface area contributed by atoms with Gasteiger partial charge < -0.3 is 4.90 Å². The van der Waals surface area contributed by atoms with Gasteiger partial charge in [-0.15, -0.1) is 0 Å². The van der Waals surface area contributed by atoms with Gasteiger partial charge in [0.05, 0.1) is 17.8 Å². The average molecular weight is 178 g/mol. The second-order valence-corrected chi connectivity index (χ2v) is 2.72. The monoisotopic (exact) mass is 178 g/mol. The van der Waals surface area contributed by atoms with Gasteiger partial charge >= 0.3 is 0 Å². The Morgan fingerprint density at radius 3 is 3.00 bits per heavy atom. The van der Waals surface area contributed by atoms with Crippen LogP contribution in [0.25, 0.3) is 0 Å². The van der Waals surface area contributed by atoms with Gasteiger partial charge in [-0.05, 0) is 0 Å². The van der Waals surface area contributed by atoms with E-state index in [0.29, 0.717) is 5.56 Å². The van der Waals surface area contributed by atoms with Crippen molar-refractivity contribution >= 4 is 5.91 Å². The van der Waals surface area contributed by atoms with E-state index in [0.717, 1.165) is 0 Å². The third-order valence-corrected chi connectivity index (χ3v) is 1.61. The molecule has 0 atom stereocenters. The van der Waals surface area contributed by atoms with Gasteiger partial charge in [0.25, 0.3) is 5.91 Å². The van der Waals surface area contributed by atoms with Gasteiger partial charge in [0.1, 0.15) is 6.54 Å². The lowest BCUT2D eigenvalue weighted by atomic mass is 10.3. The highest BCUT2D eigenvalue weighted by Crippen LogP contribution is 2.00. The first kappa shape index (κ1) is 9.26. The molecule has 0 saturated carbocycles. The van der Waals surface area contributed by atoms with Crippen LogP contribution in [-0.4, -0.2) is 34.2 Å². The van der Waals surface area contributed by atoms with Crippen LogP contribution in [0.15, 0.2) is 12.4 Å². The first-order chi connectivity index (χ1) is 6.15. The van der Waals surface area contributed by atoms with Crippen LogP contribution in [0, 0.1) is 11.3 Å². The van der Waals surface area contributed by atoms with Crippen LogP contribution in [0.1, 0.15) is 10.4 Å². The van der Waals surface area contributed by atoms with Crippen LogP contribution in [0.5, 0.6) is 0 Å². The predicted molar refractivity (Wildman–Crippen MR) is 45.8 cm³/mol. The minimum Gasteiger partial charge on any atom is -0.328 e. The molecule has 1 heterocycles. The molecule has 5 nitrogen and oxygen atoms in total. The number of rotatable bonds is 2. The molecule has 1 rings (SSSR count). The molecule has 0 spiro atoms. The summed E-state index contributed by atoms with van der Waals surface area (Å²) in [7, 11) is 3.32. The van der Waals surface area contributed by atoms with Gasteiger partial charge in [-0.25, -0.2) is 0 Å². The topological polar surface area (TPSA) is 61.9 Å². The van der Waals surface area contributed by atoms with Crippen molar-refractivity contribution < 1.29 is 4.79 Å². The van der Waals surface area contributed by atoms with Crippen molar-refractivity contribution in [1.29, 1.82) is 5.26 Å². The Bertz CT molecular complexity index is 349. The molecule has 0 aliphatic carbocycles. The lowest BCUT2D eigenvalue weighted by Crippen LogP contribution is -2.26. The molecule has 1 aromatic heterocycles. The molecular formula is C8H10N4O. The van der Waals surface area contributed by atoms with E-state index in [9.17, 15) is 4.79 Å². The highest BCUT2D eigenvalue weighted by atomic mass is 16.2. The van der Waals surface area contributed by atoms with Gasteiger partial charge in [0.15, 0.2) is 0 Å². The van der Waals surface area contributed by atoms with E-state index >= 15 is 0 Å². The standard InChI is InChI=1S/C8H10N4O/c1-11(4-3-9)8(13)7-5-10-12(2)6-7/h5-6H,4H2,1-2H3. The first-order valence-electron chi connectivity index (χ1n) is 3.76. The number of carbonyl (C=O) groups excluding carboxylic acids is 1. The lowest BCUT2D eigenvalue weighted by molar-refractivity contribution is 0.0812. The number of nitrogens with zero attached hydrogens (tertiary/aromatic N) is 4. The fraction of sp³-hybridized carbons (Fsp3) is 0.375. The second-order valence-electron chi connectivity index (χ2n) is 2.72. The maximum absolute atomic E-state index is 11.5. The first-order valence-corrected chi connectivity index (χ1v) is 3.76. The Hall–Kier alpha value is -1.83. The maximum Gasteiger partial charge on any atom is 0.257 e. The lowest BCUT2D eigenvalue weighted by Gasteiger charge is -2.10. The van der Waals surface area contributed by atoms with Crippen LogP contribution in [0.3, 0.4) is 0 Å². The number of aryl methyl sites for hydroxylation is 1. The minimum atomic E-state index is -0.186. The quantitative estimate of drug-likeness (QED) is 0.599. The van der Waals surface area contributed by atoms with Gasteiger partial charge in [-0.2, -0.15) is 10.4 Å². The Kier molecular flexibility index (Phi) is 2.65. The van der Waals surface area contributed by atoms with Crippen molar-refractivity contribution in [3.8, 4) is 6.07 Å². The normalized spacial score (nSPS) is 9.31. The number of nitriles is 1. The molecule has 0 aliphatic rings. The molecule has 0 aromatic carbocycles. The zero-order valence-corrected chi connectivity index (χ0v) is 7.56. The number of hydrogen-bond acceptors (Lipinski definition) is 3. The van der Waals surface area contributed by atoms with Crippen LogP contribution in [0.4, 0.5) is 0 Å². The van der Waals surface area contributed by atoms with E-state index in [4.69, 9.17) is 5.26 Å². The fourth-order valence-corrected chi connectivity index (χ4v) is 0.930. The minimum absolute atomic E-state index is 0.0910. The van der Waals surface area contributed by atoms with Crippen LogP contribution in [-0.2, 0) is 7.05 Å². The summed E-state index contributed by atoms with van der Waals surface area (Å²) >= 11 is 0. The summed E-state index contributed by atoms with van der Waals surface area (Å²) in [6.07, 6.45) is 3.10. The van der Waals surface area contributed by atoms with Crippen molar-refractivity contribution in [3.63, 3.8) is 0 Å². The summed E-state index contributed by atoms with van der Waals surface area (Å²) in [5, 5.41) is 12.2. The summed E-state index contributed by atoms with van der Waals surface area (Å²) in [5.74, 6) is -0.186. The van der Waals surface area contributed by atoms with Crippen molar-refractivity contribution in [2.45, 2.75) is 0 Å². The van der Waals surface area contributed by atoms with Gasteiger partial charge in [0, 0.05) is 20.3 Å². The highest BCUT2D eigenvalue weighted by molar-refractivity contribution is 5.93. The molecule has 1 amide bonds. The number of aromatic nitrogens is 2. The molecule has 0 radical (unpaired) electrons. The SMILES string of the molecule is CN(CC#N)C(=O)c1cnn(C)c1. The number of hydrogen-bond donors (Lipinski definition) is 0. The summed E-state index contributed by atoms with van der Waals surface area (Å²) in [6.45, 7) is 0.0910. The van der Waals surface area contributed by atoms with E-state index in [1.54, 1.807) is 25.0 Å². The molecule has 5 heteroatoms. The molecule has 1 aromatic rings. The molecule has 13 heavy (non-hydrogen) atoms. The van der Waals surface area contributed by atoms with Crippen molar-refractivity contribution in [3.05, 3.63) is 18.0 Å². The molecule has 0 fully saturated rings. The van der Waals surface area contributed by atoms with Gasteiger partial charge in [0.2, 0.25) is 0 Å². The Labute approximate surface area is 76.2 Å². The van der Waals surface area contributed by atoms with Crippen molar-refractivity contribution in [1.82, 2.24) is 14.7 Å². The summed E-state index contributed by atoms with van der Waals surface area (Å²) in [6, 6.07) is 1.90. The molecule has 0 bridgehead atoms. The number of carbonyl (C=O) groups is 1. The highest BCUT2D eigenvalue weighted by Gasteiger charge is 2.12. The van der Waals surface area contributed by atoms with E-state index < -0.39 is 0 Å². The van der Waals surface area contributed by atoms with E-state index in [-0.39, 0.29) is 12.5 Å². The Balaban J connectivity index is 2.74. The van der Waals surface area contributed by atoms with Crippen molar-refractivity contribution in [2.24, 2.45) is 7.05 Å². The molecule has 68 valence electrons. The Morgan fingerprint density at radius 2 is 2.54 bits per heavy atom. The maximum atomic E-state index is 11.5. The van der Waals surface area contributed by atoms with Gasteiger partial charge in [-0.3, -0.25) is 9.48 Å². The molecular weight excluding hydrogens is 168 g/mol. The molecule has 0 aliphatic heterocycles. The smallest absolute Gasteiger partial charge is 0.257 e. The number of amides is 1. The molecule has 0 unspecified atom stereocenters. The summed E-state index contributed by atoms with van der Waals surface area (Å²) in [5.41, 5.74) is 0.500. The zero-order valence-electron chi connectivity index (χ0n) is 7.56. The van der Waals surface area contributed by atoms with E-state index in [1.807, 2.05) is 6.07 Å². The fourth-order valence-electron chi connectivity index (χ4n) is 0.930. The van der Waals surface area contributed by atoms with E-state index in [2.05, 4.69) is 5.10 Å². The predicted octanol–water partition coefficient (Wildman–Crippen LogP) is 0.0157.